The van der Waals surface area contributed by atoms with Crippen LogP contribution in [-0.4, -0.2) is 46.9 Å². The Morgan fingerprint density at radius 1 is 1.42 bits per heavy atom. The van der Waals surface area contributed by atoms with Crippen LogP contribution < -0.4 is 5.32 Å². The van der Waals surface area contributed by atoms with E-state index in [-0.39, 0.29) is 0 Å². The number of anilines is 1. The van der Waals surface area contributed by atoms with Crippen LogP contribution in [0, 0.1) is 0 Å². The summed E-state index contributed by atoms with van der Waals surface area (Å²) in [4.78, 5) is 2.47. The molecule has 0 radical (unpaired) electrons. The summed E-state index contributed by atoms with van der Waals surface area (Å²) < 4.78 is 5.72. The van der Waals surface area contributed by atoms with E-state index >= 15 is 0 Å². The fraction of sp³-hybridized carbons (Fsp3) is 0.846. The van der Waals surface area contributed by atoms with Gasteiger partial charge in [-0.1, -0.05) is 25.2 Å². The standard InChI is InChI=1S/C13H24N4OS/c1-4-6-14-13-16-15-12(19-13)8-17-7-10(3)18-9-11(17)5-2/h10-11H,4-9H2,1-3H3,(H,14,16). The van der Waals surface area contributed by atoms with Gasteiger partial charge in [-0.3, -0.25) is 4.90 Å². The Labute approximate surface area is 119 Å². The molecule has 5 nitrogen and oxygen atoms in total. The van der Waals surface area contributed by atoms with E-state index in [0.717, 1.165) is 49.2 Å². The molecule has 2 atom stereocenters. The number of aromatic nitrogens is 2. The van der Waals surface area contributed by atoms with Gasteiger partial charge >= 0.3 is 0 Å². The lowest BCUT2D eigenvalue weighted by atomic mass is 10.1. The van der Waals surface area contributed by atoms with E-state index in [9.17, 15) is 0 Å². The van der Waals surface area contributed by atoms with Crippen LogP contribution in [0.4, 0.5) is 5.13 Å². The molecule has 1 N–H and O–H groups in total. The number of nitrogens with zero attached hydrogens (tertiary/aromatic N) is 3. The summed E-state index contributed by atoms with van der Waals surface area (Å²) in [6.07, 6.45) is 2.54. The molecule has 0 spiro atoms. The third kappa shape index (κ3) is 4.12. The zero-order valence-corrected chi connectivity index (χ0v) is 12.9. The van der Waals surface area contributed by atoms with Crippen LogP contribution in [0.5, 0.6) is 0 Å². The van der Waals surface area contributed by atoms with Gasteiger partial charge in [0.2, 0.25) is 5.13 Å². The molecule has 19 heavy (non-hydrogen) atoms. The van der Waals surface area contributed by atoms with Crippen LogP contribution in [0.3, 0.4) is 0 Å². The SMILES string of the molecule is CCCNc1nnc(CN2CC(C)OCC2CC)s1. The number of ether oxygens (including phenoxy) is 1. The molecule has 1 aliphatic rings. The molecule has 1 aromatic rings. The van der Waals surface area contributed by atoms with Crippen molar-refractivity contribution in [2.45, 2.75) is 52.3 Å². The average Bonchev–Trinajstić information content (AvgIpc) is 2.84. The molecule has 2 rings (SSSR count). The molecule has 108 valence electrons. The summed E-state index contributed by atoms with van der Waals surface area (Å²) in [6.45, 7) is 10.2. The van der Waals surface area contributed by atoms with Crippen LogP contribution in [0.1, 0.15) is 38.6 Å². The fourth-order valence-corrected chi connectivity index (χ4v) is 3.07. The second kappa shape index (κ2) is 7.17. The Kier molecular flexibility index (Phi) is 5.54. The van der Waals surface area contributed by atoms with E-state index in [0.29, 0.717) is 12.1 Å². The van der Waals surface area contributed by atoms with Gasteiger partial charge in [0.25, 0.3) is 0 Å². The van der Waals surface area contributed by atoms with Gasteiger partial charge in [0.15, 0.2) is 0 Å². The van der Waals surface area contributed by atoms with Crippen LogP contribution in [0.15, 0.2) is 0 Å². The first-order chi connectivity index (χ1) is 9.22. The van der Waals surface area contributed by atoms with Crippen molar-refractivity contribution in [1.29, 1.82) is 0 Å². The molecule has 2 unspecified atom stereocenters. The number of rotatable bonds is 6. The maximum atomic E-state index is 5.72. The first-order valence-corrected chi connectivity index (χ1v) is 7.96. The zero-order chi connectivity index (χ0) is 13.7. The van der Waals surface area contributed by atoms with E-state index in [1.165, 1.54) is 0 Å². The number of morpholine rings is 1. The maximum Gasteiger partial charge on any atom is 0.205 e. The predicted molar refractivity (Wildman–Crippen MR) is 78.6 cm³/mol. The number of hydrogen-bond acceptors (Lipinski definition) is 6. The maximum absolute atomic E-state index is 5.72. The Bertz CT molecular complexity index is 384. The molecule has 0 saturated carbocycles. The van der Waals surface area contributed by atoms with Crippen LogP contribution in [0.25, 0.3) is 0 Å². The third-order valence-corrected chi connectivity index (χ3v) is 4.25. The van der Waals surface area contributed by atoms with Gasteiger partial charge < -0.3 is 10.1 Å². The smallest absolute Gasteiger partial charge is 0.205 e. The lowest BCUT2D eigenvalue weighted by Gasteiger charge is -2.37. The average molecular weight is 284 g/mol. The minimum Gasteiger partial charge on any atom is -0.376 e. The Balaban J connectivity index is 1.92. The van der Waals surface area contributed by atoms with Crippen molar-refractivity contribution in [2.24, 2.45) is 0 Å². The van der Waals surface area contributed by atoms with Gasteiger partial charge in [0.05, 0.1) is 19.3 Å². The van der Waals surface area contributed by atoms with E-state index < -0.39 is 0 Å². The normalized spacial score (nSPS) is 24.6. The van der Waals surface area contributed by atoms with Crippen molar-refractivity contribution in [3.8, 4) is 0 Å². The summed E-state index contributed by atoms with van der Waals surface area (Å²) in [5, 5.41) is 13.8. The second-order valence-electron chi connectivity index (χ2n) is 5.06. The monoisotopic (exact) mass is 284 g/mol. The second-order valence-corrected chi connectivity index (χ2v) is 6.13. The molecule has 0 aromatic carbocycles. The van der Waals surface area contributed by atoms with Crippen molar-refractivity contribution >= 4 is 16.5 Å². The highest BCUT2D eigenvalue weighted by molar-refractivity contribution is 7.15. The summed E-state index contributed by atoms with van der Waals surface area (Å²) in [7, 11) is 0. The number of hydrogen-bond donors (Lipinski definition) is 1. The quantitative estimate of drug-likeness (QED) is 0.869. The van der Waals surface area contributed by atoms with Gasteiger partial charge in [-0.25, -0.2) is 0 Å². The summed E-state index contributed by atoms with van der Waals surface area (Å²) >= 11 is 1.66. The van der Waals surface area contributed by atoms with E-state index in [4.69, 9.17) is 4.74 Å². The van der Waals surface area contributed by atoms with Gasteiger partial charge in [-0.2, -0.15) is 0 Å². The molecule has 1 aromatic heterocycles. The molecular formula is C13H24N4OS. The highest BCUT2D eigenvalue weighted by Gasteiger charge is 2.26. The zero-order valence-electron chi connectivity index (χ0n) is 12.1. The third-order valence-electron chi connectivity index (χ3n) is 3.38. The minimum absolute atomic E-state index is 0.313. The molecule has 2 heterocycles. The molecule has 1 aliphatic heterocycles. The highest BCUT2D eigenvalue weighted by atomic mass is 32.1. The van der Waals surface area contributed by atoms with Gasteiger partial charge in [-0.05, 0) is 19.8 Å². The van der Waals surface area contributed by atoms with Crippen LogP contribution >= 0.6 is 11.3 Å². The molecular weight excluding hydrogens is 260 g/mol. The van der Waals surface area contributed by atoms with E-state index in [1.807, 2.05) is 0 Å². The van der Waals surface area contributed by atoms with Crippen molar-refractivity contribution < 1.29 is 4.74 Å². The Hall–Kier alpha value is -0.720. The molecule has 1 saturated heterocycles. The first kappa shape index (κ1) is 14.7. The van der Waals surface area contributed by atoms with E-state index in [1.54, 1.807) is 11.3 Å². The first-order valence-electron chi connectivity index (χ1n) is 7.14. The predicted octanol–water partition coefficient (Wildman–Crippen LogP) is 2.36. The summed E-state index contributed by atoms with van der Waals surface area (Å²) in [5.41, 5.74) is 0. The molecule has 0 amide bonds. The minimum atomic E-state index is 0.313. The lowest BCUT2D eigenvalue weighted by Crippen LogP contribution is -2.47. The van der Waals surface area contributed by atoms with Crippen LogP contribution in [-0.2, 0) is 11.3 Å². The number of nitrogens with one attached hydrogen (secondary N) is 1. The lowest BCUT2D eigenvalue weighted by molar-refractivity contribution is -0.0592. The van der Waals surface area contributed by atoms with Crippen molar-refractivity contribution in [2.75, 3.05) is 25.0 Å². The summed E-state index contributed by atoms with van der Waals surface area (Å²) in [6, 6.07) is 0.507. The Morgan fingerprint density at radius 2 is 2.26 bits per heavy atom. The highest BCUT2D eigenvalue weighted by Crippen LogP contribution is 2.21. The molecule has 0 bridgehead atoms. The Morgan fingerprint density at radius 3 is 3.00 bits per heavy atom. The molecule has 0 aliphatic carbocycles. The van der Waals surface area contributed by atoms with Crippen molar-refractivity contribution in [3.63, 3.8) is 0 Å². The molecule has 1 fully saturated rings. The van der Waals surface area contributed by atoms with Crippen molar-refractivity contribution in [3.05, 3.63) is 5.01 Å². The molecule has 6 heteroatoms. The fourth-order valence-electron chi connectivity index (χ4n) is 2.28. The van der Waals surface area contributed by atoms with E-state index in [2.05, 4.69) is 41.2 Å². The van der Waals surface area contributed by atoms with Crippen molar-refractivity contribution in [1.82, 2.24) is 15.1 Å². The van der Waals surface area contributed by atoms with Gasteiger partial charge in [0, 0.05) is 19.1 Å². The van der Waals surface area contributed by atoms with Gasteiger partial charge in [0.1, 0.15) is 5.01 Å². The van der Waals surface area contributed by atoms with Gasteiger partial charge in [-0.15, -0.1) is 10.2 Å². The van der Waals surface area contributed by atoms with Crippen LogP contribution in [0.2, 0.25) is 0 Å². The largest absolute Gasteiger partial charge is 0.376 e. The topological polar surface area (TPSA) is 50.3 Å². The summed E-state index contributed by atoms with van der Waals surface area (Å²) in [5.74, 6) is 0.